The van der Waals surface area contributed by atoms with Crippen LogP contribution < -0.4 is 11.1 Å². The zero-order valence-electron chi connectivity index (χ0n) is 13.7. The second-order valence-corrected chi connectivity index (χ2v) is 5.96. The van der Waals surface area contributed by atoms with Crippen LogP contribution in [-0.2, 0) is 20.9 Å². The van der Waals surface area contributed by atoms with Gasteiger partial charge in [-0.2, -0.15) is 0 Å². The van der Waals surface area contributed by atoms with Gasteiger partial charge < -0.3 is 14.5 Å². The molecule has 24 heavy (non-hydrogen) atoms. The van der Waals surface area contributed by atoms with E-state index in [2.05, 4.69) is 5.32 Å². The van der Waals surface area contributed by atoms with E-state index in [1.54, 1.807) is 12.1 Å². The Labute approximate surface area is 143 Å². The molecule has 8 heteroatoms. The van der Waals surface area contributed by atoms with Gasteiger partial charge in [0.15, 0.2) is 5.58 Å². The van der Waals surface area contributed by atoms with Crippen LogP contribution in [0, 0.1) is 5.92 Å². The molecule has 0 aliphatic rings. The summed E-state index contributed by atoms with van der Waals surface area (Å²) in [6.45, 7) is 3.48. The van der Waals surface area contributed by atoms with Crippen LogP contribution in [0.5, 0.6) is 0 Å². The molecule has 1 aromatic heterocycles. The first-order valence-corrected chi connectivity index (χ1v) is 7.91. The Morgan fingerprint density at radius 2 is 2.12 bits per heavy atom. The Hall–Kier alpha value is -2.28. The molecule has 2 atom stereocenters. The van der Waals surface area contributed by atoms with E-state index >= 15 is 0 Å². The zero-order valence-corrected chi connectivity index (χ0v) is 14.4. The molecule has 0 spiro atoms. The quantitative estimate of drug-likeness (QED) is 0.801. The third-order valence-electron chi connectivity index (χ3n) is 3.92. The number of hydrogen-bond donors (Lipinski definition) is 1. The van der Waals surface area contributed by atoms with E-state index in [4.69, 9.17) is 20.8 Å². The molecule has 2 aromatic rings. The number of ether oxygens (including phenoxy) is 1. The number of amides is 1. The number of fused-ring (bicyclic) bond motifs is 1. The highest BCUT2D eigenvalue weighted by Crippen LogP contribution is 2.18. The highest BCUT2D eigenvalue weighted by molar-refractivity contribution is 6.31. The average Bonchev–Trinajstić information content (AvgIpc) is 2.85. The van der Waals surface area contributed by atoms with Crippen molar-refractivity contribution in [2.45, 2.75) is 32.9 Å². The minimum absolute atomic E-state index is 0.0991. The van der Waals surface area contributed by atoms with E-state index in [9.17, 15) is 14.4 Å². The number of oxazole rings is 1. The van der Waals surface area contributed by atoms with E-state index in [0.29, 0.717) is 22.5 Å². The molecular formula is C16H19ClN2O5. The third kappa shape index (κ3) is 3.79. The Morgan fingerprint density at radius 3 is 2.75 bits per heavy atom. The summed E-state index contributed by atoms with van der Waals surface area (Å²) >= 11 is 5.85. The maximum atomic E-state index is 12.3. The summed E-state index contributed by atoms with van der Waals surface area (Å²) in [5, 5.41) is 3.05. The number of esters is 1. The van der Waals surface area contributed by atoms with Crippen LogP contribution >= 0.6 is 11.6 Å². The molecule has 1 heterocycles. The summed E-state index contributed by atoms with van der Waals surface area (Å²) in [4.78, 5) is 36.0. The number of carbonyl (C=O) groups is 2. The van der Waals surface area contributed by atoms with Crippen LogP contribution in [-0.4, -0.2) is 29.6 Å². The van der Waals surface area contributed by atoms with Crippen molar-refractivity contribution in [3.8, 4) is 0 Å². The van der Waals surface area contributed by atoms with Gasteiger partial charge >= 0.3 is 11.7 Å². The van der Waals surface area contributed by atoms with Crippen molar-refractivity contribution >= 4 is 34.6 Å². The van der Waals surface area contributed by atoms with Gasteiger partial charge in [0, 0.05) is 11.1 Å². The number of methoxy groups -OCH3 is 1. The normalized spacial score (nSPS) is 13.5. The number of hydrogen-bond acceptors (Lipinski definition) is 5. The number of rotatable bonds is 6. The fraction of sp³-hybridized carbons (Fsp3) is 0.438. The van der Waals surface area contributed by atoms with E-state index in [1.165, 1.54) is 17.7 Å². The summed E-state index contributed by atoms with van der Waals surface area (Å²) in [5.41, 5.74) is 0.754. The van der Waals surface area contributed by atoms with Crippen LogP contribution in [0.1, 0.15) is 20.3 Å². The topological polar surface area (TPSA) is 90.5 Å². The molecule has 0 radical (unpaired) electrons. The molecule has 0 bridgehead atoms. The predicted molar refractivity (Wildman–Crippen MR) is 88.9 cm³/mol. The lowest BCUT2D eigenvalue weighted by Crippen LogP contribution is -2.47. The van der Waals surface area contributed by atoms with E-state index in [1.807, 2.05) is 13.8 Å². The van der Waals surface area contributed by atoms with Gasteiger partial charge in [-0.15, -0.1) is 0 Å². The Kier molecular flexibility index (Phi) is 5.66. The van der Waals surface area contributed by atoms with E-state index in [0.717, 1.165) is 0 Å². The molecule has 0 saturated heterocycles. The lowest BCUT2D eigenvalue weighted by atomic mass is 9.99. The first kappa shape index (κ1) is 18.1. The fourth-order valence-electron chi connectivity index (χ4n) is 2.35. The monoisotopic (exact) mass is 354 g/mol. The molecule has 1 N–H and O–H groups in total. The summed E-state index contributed by atoms with van der Waals surface area (Å²) in [6, 6.07) is 3.94. The van der Waals surface area contributed by atoms with Crippen LogP contribution in [0.3, 0.4) is 0 Å². The van der Waals surface area contributed by atoms with Gasteiger partial charge in [0.25, 0.3) is 0 Å². The lowest BCUT2D eigenvalue weighted by Gasteiger charge is -2.21. The maximum Gasteiger partial charge on any atom is 0.420 e. The second kappa shape index (κ2) is 7.53. The Bertz CT molecular complexity index is 810. The minimum Gasteiger partial charge on any atom is -0.467 e. The first-order valence-electron chi connectivity index (χ1n) is 7.53. The van der Waals surface area contributed by atoms with Crippen molar-refractivity contribution in [2.75, 3.05) is 7.11 Å². The number of aromatic nitrogens is 1. The average molecular weight is 355 g/mol. The lowest BCUT2D eigenvalue weighted by molar-refractivity contribution is -0.146. The molecule has 2 rings (SSSR count). The van der Waals surface area contributed by atoms with Gasteiger partial charge in [0.2, 0.25) is 5.91 Å². The maximum absolute atomic E-state index is 12.3. The van der Waals surface area contributed by atoms with Crippen LogP contribution in [0.2, 0.25) is 5.02 Å². The van der Waals surface area contributed by atoms with Gasteiger partial charge in [0.1, 0.15) is 12.6 Å². The molecule has 0 aliphatic heterocycles. The highest BCUT2D eigenvalue weighted by Gasteiger charge is 2.27. The minimum atomic E-state index is -0.768. The molecule has 0 fully saturated rings. The van der Waals surface area contributed by atoms with Crippen molar-refractivity contribution in [2.24, 2.45) is 5.92 Å². The van der Waals surface area contributed by atoms with Crippen molar-refractivity contribution in [3.63, 3.8) is 0 Å². The number of halogens is 1. The van der Waals surface area contributed by atoms with Crippen molar-refractivity contribution < 1.29 is 18.7 Å². The number of carbonyl (C=O) groups excluding carboxylic acids is 2. The number of benzene rings is 1. The molecule has 1 aromatic carbocycles. The van der Waals surface area contributed by atoms with E-state index < -0.39 is 23.7 Å². The SMILES string of the molecule is CC[C@@H](C)[C@@H](NC(=O)Cn1c(=O)oc2cc(Cl)ccc21)C(=O)OC. The van der Waals surface area contributed by atoms with Gasteiger partial charge in [-0.05, 0) is 18.1 Å². The molecule has 0 unspecified atom stereocenters. The number of nitrogens with one attached hydrogen (secondary N) is 1. The third-order valence-corrected chi connectivity index (χ3v) is 4.15. The van der Waals surface area contributed by atoms with Crippen LogP contribution in [0.25, 0.3) is 11.1 Å². The molecule has 130 valence electrons. The smallest absolute Gasteiger partial charge is 0.420 e. The largest absolute Gasteiger partial charge is 0.467 e. The fourth-order valence-corrected chi connectivity index (χ4v) is 2.51. The van der Waals surface area contributed by atoms with Gasteiger partial charge in [0.05, 0.1) is 12.6 Å². The first-order chi connectivity index (χ1) is 11.4. The molecular weight excluding hydrogens is 336 g/mol. The zero-order chi connectivity index (χ0) is 17.9. The van der Waals surface area contributed by atoms with Gasteiger partial charge in [-0.25, -0.2) is 9.59 Å². The predicted octanol–water partition coefficient (Wildman–Crippen LogP) is 1.95. The summed E-state index contributed by atoms with van der Waals surface area (Å²) in [7, 11) is 1.27. The standard InChI is InChI=1S/C16H19ClN2O5/c1-4-9(2)14(15(21)23-3)18-13(20)8-19-11-6-5-10(17)7-12(11)24-16(19)22/h5-7,9,14H,4,8H2,1-3H3,(H,18,20)/t9-,14-/m1/s1. The molecule has 1 amide bonds. The molecule has 0 aliphatic carbocycles. The Morgan fingerprint density at radius 1 is 1.42 bits per heavy atom. The van der Waals surface area contributed by atoms with E-state index in [-0.39, 0.29) is 12.5 Å². The van der Waals surface area contributed by atoms with Crippen molar-refractivity contribution in [3.05, 3.63) is 33.8 Å². The van der Waals surface area contributed by atoms with Gasteiger partial charge in [-0.3, -0.25) is 9.36 Å². The van der Waals surface area contributed by atoms with Crippen molar-refractivity contribution in [1.29, 1.82) is 0 Å². The summed E-state index contributed by atoms with van der Waals surface area (Å²) in [5.74, 6) is -1.77. The van der Waals surface area contributed by atoms with Crippen molar-refractivity contribution in [1.82, 2.24) is 9.88 Å². The van der Waals surface area contributed by atoms with Crippen LogP contribution in [0.4, 0.5) is 0 Å². The van der Waals surface area contributed by atoms with Gasteiger partial charge in [-0.1, -0.05) is 31.9 Å². The Balaban J connectivity index is 2.21. The summed E-state index contributed by atoms with van der Waals surface area (Å²) < 4.78 is 11.0. The van der Waals surface area contributed by atoms with Crippen LogP contribution in [0.15, 0.2) is 27.4 Å². The molecule has 0 saturated carbocycles. The number of nitrogens with zero attached hydrogens (tertiary/aromatic N) is 1. The molecule has 7 nitrogen and oxygen atoms in total. The summed E-state index contributed by atoms with van der Waals surface area (Å²) in [6.07, 6.45) is 0.688. The highest BCUT2D eigenvalue weighted by atomic mass is 35.5. The second-order valence-electron chi connectivity index (χ2n) is 5.52.